The number of rotatable bonds is 6. The van der Waals surface area contributed by atoms with E-state index < -0.39 is 10.1 Å². The minimum atomic E-state index is -3.46. The zero-order valence-electron chi connectivity index (χ0n) is 11.8. The van der Waals surface area contributed by atoms with Crippen LogP contribution in [0, 0.1) is 0 Å². The van der Waals surface area contributed by atoms with Gasteiger partial charge in [0.15, 0.2) is 0 Å². The molecule has 6 heteroatoms. The van der Waals surface area contributed by atoms with Crippen LogP contribution < -0.4 is 9.92 Å². The lowest BCUT2D eigenvalue weighted by molar-refractivity contribution is 0.249. The molecule has 1 aromatic rings. The predicted molar refractivity (Wildman–Crippen MR) is 79.2 cm³/mol. The number of unbranched alkanes of at least 4 members (excludes halogenated alkanes) is 1. The van der Waals surface area contributed by atoms with Gasteiger partial charge in [0.05, 0.1) is 6.26 Å². The predicted octanol–water partition coefficient (Wildman–Crippen LogP) is 1.12. The van der Waals surface area contributed by atoms with Gasteiger partial charge in [-0.1, -0.05) is 6.07 Å². The van der Waals surface area contributed by atoms with Crippen LogP contribution in [0.15, 0.2) is 18.2 Å². The van der Waals surface area contributed by atoms with E-state index >= 15 is 0 Å². The maximum atomic E-state index is 11.2. The third kappa shape index (κ3) is 4.47. The molecule has 1 aliphatic rings. The molecule has 0 saturated carbocycles. The molecule has 0 aromatic heterocycles. The summed E-state index contributed by atoms with van der Waals surface area (Å²) in [5, 5.41) is 0. The molecule has 2 rings (SSSR count). The highest BCUT2D eigenvalue weighted by atomic mass is 32.2. The molecule has 5 nitrogen and oxygen atoms in total. The van der Waals surface area contributed by atoms with Crippen molar-refractivity contribution < 1.29 is 12.6 Å². The lowest BCUT2D eigenvalue weighted by Crippen LogP contribution is -2.31. The molecule has 1 heterocycles. The Bertz CT molecular complexity index is 558. The van der Waals surface area contributed by atoms with Crippen molar-refractivity contribution in [1.82, 2.24) is 4.90 Å². The quantitative estimate of drug-likeness (QED) is 0.629. The molecule has 0 spiro atoms. The second kappa shape index (κ2) is 6.56. The van der Waals surface area contributed by atoms with Gasteiger partial charge in [-0.25, -0.2) is 0 Å². The number of hydrogen-bond acceptors (Lipinski definition) is 5. The molecule has 0 fully saturated rings. The van der Waals surface area contributed by atoms with Crippen molar-refractivity contribution in [1.29, 1.82) is 0 Å². The highest BCUT2D eigenvalue weighted by molar-refractivity contribution is 7.86. The third-order valence-corrected chi connectivity index (χ3v) is 3.94. The molecule has 112 valence electrons. The van der Waals surface area contributed by atoms with Gasteiger partial charge >= 0.3 is 10.1 Å². The number of nitrogens with zero attached hydrogens (tertiary/aromatic N) is 1. The maximum absolute atomic E-state index is 11.2. The summed E-state index contributed by atoms with van der Waals surface area (Å²) in [4.78, 5) is 2.38. The summed E-state index contributed by atoms with van der Waals surface area (Å²) in [5.41, 5.74) is 7.94. The Morgan fingerprint density at radius 2 is 2.10 bits per heavy atom. The minimum absolute atomic E-state index is 0.398. The summed E-state index contributed by atoms with van der Waals surface area (Å²) in [6.07, 6.45) is 4.20. The molecule has 0 atom stereocenters. The zero-order valence-corrected chi connectivity index (χ0v) is 12.7. The van der Waals surface area contributed by atoms with Crippen LogP contribution in [0.2, 0.25) is 0 Å². The molecule has 0 bridgehead atoms. The summed E-state index contributed by atoms with van der Waals surface area (Å²) in [7, 11) is -3.46. The lowest BCUT2D eigenvalue weighted by atomic mass is 9.99. The highest BCUT2D eigenvalue weighted by Gasteiger charge is 2.17. The van der Waals surface area contributed by atoms with Gasteiger partial charge in [0.25, 0.3) is 0 Å². The first-order valence-corrected chi connectivity index (χ1v) is 8.73. The van der Waals surface area contributed by atoms with Crippen molar-refractivity contribution in [2.75, 3.05) is 25.9 Å². The molecule has 1 aliphatic heterocycles. The van der Waals surface area contributed by atoms with Gasteiger partial charge in [0.1, 0.15) is 5.75 Å². The fourth-order valence-electron chi connectivity index (χ4n) is 2.49. The third-order valence-electron chi connectivity index (χ3n) is 3.45. The van der Waals surface area contributed by atoms with Crippen molar-refractivity contribution in [3.8, 4) is 5.75 Å². The SMILES string of the molecule is CS(=O)(=O)Oc1ccc2c(c1)CN(CCCCN)CC2. The molecule has 20 heavy (non-hydrogen) atoms. The Morgan fingerprint density at radius 1 is 1.30 bits per heavy atom. The van der Waals surface area contributed by atoms with E-state index in [2.05, 4.69) is 4.90 Å². The fourth-order valence-corrected chi connectivity index (χ4v) is 2.94. The molecule has 0 aliphatic carbocycles. The average Bonchev–Trinajstić information content (AvgIpc) is 2.37. The van der Waals surface area contributed by atoms with Crippen molar-refractivity contribution >= 4 is 10.1 Å². The molecule has 0 amide bonds. The zero-order chi connectivity index (χ0) is 14.6. The molecule has 2 N–H and O–H groups in total. The van der Waals surface area contributed by atoms with E-state index in [0.717, 1.165) is 57.3 Å². The first kappa shape index (κ1) is 15.3. The van der Waals surface area contributed by atoms with Gasteiger partial charge < -0.3 is 9.92 Å². The van der Waals surface area contributed by atoms with Crippen molar-refractivity contribution in [2.45, 2.75) is 25.8 Å². The van der Waals surface area contributed by atoms with Gasteiger partial charge in [-0.3, -0.25) is 4.90 Å². The van der Waals surface area contributed by atoms with Crippen LogP contribution in [0.3, 0.4) is 0 Å². The van der Waals surface area contributed by atoms with Crippen LogP contribution in [0.4, 0.5) is 0 Å². The second-order valence-corrected chi connectivity index (χ2v) is 6.81. The number of hydrogen-bond donors (Lipinski definition) is 1. The lowest BCUT2D eigenvalue weighted by Gasteiger charge is -2.28. The van der Waals surface area contributed by atoms with Crippen LogP contribution in [-0.2, 0) is 23.1 Å². The summed E-state index contributed by atoms with van der Waals surface area (Å²) in [6.45, 7) is 3.66. The molecule has 0 saturated heterocycles. The van der Waals surface area contributed by atoms with E-state index in [9.17, 15) is 8.42 Å². The van der Waals surface area contributed by atoms with E-state index in [1.165, 1.54) is 5.56 Å². The normalized spacial score (nSPS) is 15.9. The van der Waals surface area contributed by atoms with Gasteiger partial charge in [0, 0.05) is 13.1 Å². The summed E-state index contributed by atoms with van der Waals surface area (Å²) < 4.78 is 27.3. The Kier molecular flexibility index (Phi) is 5.01. The first-order chi connectivity index (χ1) is 9.48. The second-order valence-electron chi connectivity index (χ2n) is 5.24. The highest BCUT2D eigenvalue weighted by Crippen LogP contribution is 2.24. The van der Waals surface area contributed by atoms with E-state index in [1.54, 1.807) is 6.07 Å². The van der Waals surface area contributed by atoms with E-state index in [4.69, 9.17) is 9.92 Å². The first-order valence-electron chi connectivity index (χ1n) is 6.91. The molecule has 0 unspecified atom stereocenters. The van der Waals surface area contributed by atoms with Gasteiger partial charge in [-0.2, -0.15) is 8.42 Å². The molecular formula is C14H22N2O3S. The van der Waals surface area contributed by atoms with Gasteiger partial charge in [0.2, 0.25) is 0 Å². The van der Waals surface area contributed by atoms with Crippen LogP contribution >= 0.6 is 0 Å². The largest absolute Gasteiger partial charge is 0.383 e. The Labute approximate surface area is 120 Å². The average molecular weight is 298 g/mol. The van der Waals surface area contributed by atoms with Crippen molar-refractivity contribution in [3.63, 3.8) is 0 Å². The van der Waals surface area contributed by atoms with Gasteiger partial charge in [-0.05, 0) is 55.6 Å². The smallest absolute Gasteiger partial charge is 0.306 e. The topological polar surface area (TPSA) is 72.6 Å². The Balaban J connectivity index is 2.04. The summed E-state index contributed by atoms with van der Waals surface area (Å²) in [6, 6.07) is 5.53. The van der Waals surface area contributed by atoms with E-state index in [1.807, 2.05) is 12.1 Å². The fraction of sp³-hybridized carbons (Fsp3) is 0.571. The van der Waals surface area contributed by atoms with Crippen LogP contribution in [0.25, 0.3) is 0 Å². The van der Waals surface area contributed by atoms with E-state index in [-0.39, 0.29) is 0 Å². The molecule has 0 radical (unpaired) electrons. The van der Waals surface area contributed by atoms with E-state index in [0.29, 0.717) is 5.75 Å². The van der Waals surface area contributed by atoms with Crippen LogP contribution in [0.1, 0.15) is 24.0 Å². The monoisotopic (exact) mass is 298 g/mol. The Hall–Kier alpha value is -1.11. The number of benzene rings is 1. The summed E-state index contributed by atoms with van der Waals surface area (Å²) >= 11 is 0. The molecule has 1 aromatic carbocycles. The minimum Gasteiger partial charge on any atom is -0.383 e. The standard InChI is InChI=1S/C14H22N2O3S/c1-20(17,18)19-14-5-4-12-6-9-16(8-3-2-7-15)11-13(12)10-14/h4-5,10H,2-3,6-9,11,15H2,1H3. The molecular weight excluding hydrogens is 276 g/mol. The number of nitrogens with two attached hydrogens (primary N) is 1. The van der Waals surface area contributed by atoms with Crippen molar-refractivity contribution in [3.05, 3.63) is 29.3 Å². The number of fused-ring (bicyclic) bond motifs is 1. The van der Waals surface area contributed by atoms with Crippen LogP contribution in [-0.4, -0.2) is 39.2 Å². The summed E-state index contributed by atoms with van der Waals surface area (Å²) in [5.74, 6) is 0.398. The van der Waals surface area contributed by atoms with Gasteiger partial charge in [-0.15, -0.1) is 0 Å². The van der Waals surface area contributed by atoms with Crippen molar-refractivity contribution in [2.24, 2.45) is 5.73 Å². The van der Waals surface area contributed by atoms with Crippen LogP contribution in [0.5, 0.6) is 5.75 Å². The maximum Gasteiger partial charge on any atom is 0.306 e. The Morgan fingerprint density at radius 3 is 2.80 bits per heavy atom.